The average molecular weight is 276 g/mol. The zero-order valence-corrected chi connectivity index (χ0v) is 11.3. The minimum atomic E-state index is -0.228. The van der Waals surface area contributed by atoms with Gasteiger partial charge in [0.15, 0.2) is 0 Å². The van der Waals surface area contributed by atoms with Gasteiger partial charge in [-0.1, -0.05) is 17.7 Å². The Morgan fingerprint density at radius 3 is 2.11 bits per heavy atom. The number of nitrogens with one attached hydrogen (secondary N) is 1. The summed E-state index contributed by atoms with van der Waals surface area (Å²) in [6.45, 7) is 2.03. The van der Waals surface area contributed by atoms with Gasteiger partial charge < -0.3 is 10.1 Å². The van der Waals surface area contributed by atoms with Crippen LogP contribution in [0.5, 0.6) is 11.5 Å². The van der Waals surface area contributed by atoms with E-state index in [9.17, 15) is 4.79 Å². The molecule has 2 rings (SSSR count). The molecule has 1 N–H and O–H groups in total. The molecule has 0 saturated carbocycles. The summed E-state index contributed by atoms with van der Waals surface area (Å²) in [5, 5.41) is 2.66. The molecule has 0 unspecified atom stereocenters. The Hall–Kier alpha value is -2.00. The highest BCUT2D eigenvalue weighted by Crippen LogP contribution is 2.23. The van der Waals surface area contributed by atoms with Gasteiger partial charge in [0.05, 0.1) is 0 Å². The van der Waals surface area contributed by atoms with Gasteiger partial charge in [0.1, 0.15) is 17.4 Å². The third-order valence-corrected chi connectivity index (χ3v) is 2.76. The number of rotatable bonds is 4. The number of halogens is 1. The summed E-state index contributed by atoms with van der Waals surface area (Å²) in [4.78, 5) is 11.1. The molecule has 0 spiro atoms. The number of alkyl halides is 1. The Morgan fingerprint density at radius 2 is 1.58 bits per heavy atom. The molecule has 2 aromatic carbocycles. The SMILES string of the molecule is Cc1ccc(Oc2ccc(NC(=O)CCl)cc2)cc1. The Bertz CT molecular complexity index is 549. The standard InChI is InChI=1S/C15H14ClNO2/c1-11-2-6-13(7-3-11)19-14-8-4-12(5-9-14)17-15(18)10-16/h2-9H,10H2,1H3,(H,17,18). The zero-order chi connectivity index (χ0) is 13.7. The highest BCUT2D eigenvalue weighted by atomic mass is 35.5. The average Bonchev–Trinajstić information content (AvgIpc) is 2.43. The smallest absolute Gasteiger partial charge is 0.239 e. The molecule has 0 radical (unpaired) electrons. The maximum atomic E-state index is 11.1. The predicted molar refractivity (Wildman–Crippen MR) is 77.0 cm³/mol. The van der Waals surface area contributed by atoms with Crippen molar-refractivity contribution in [2.75, 3.05) is 11.2 Å². The van der Waals surface area contributed by atoms with E-state index in [0.29, 0.717) is 11.4 Å². The molecule has 2 aromatic rings. The number of ether oxygens (including phenoxy) is 1. The van der Waals surface area contributed by atoms with Gasteiger partial charge in [-0.3, -0.25) is 4.79 Å². The second kappa shape index (κ2) is 6.25. The van der Waals surface area contributed by atoms with Crippen LogP contribution in [-0.2, 0) is 4.79 Å². The lowest BCUT2D eigenvalue weighted by atomic mass is 10.2. The Labute approximate surface area is 117 Å². The van der Waals surface area contributed by atoms with E-state index in [2.05, 4.69) is 5.32 Å². The van der Waals surface area contributed by atoms with Gasteiger partial charge >= 0.3 is 0 Å². The van der Waals surface area contributed by atoms with Crippen molar-refractivity contribution < 1.29 is 9.53 Å². The van der Waals surface area contributed by atoms with Crippen molar-refractivity contribution in [3.63, 3.8) is 0 Å². The third-order valence-electron chi connectivity index (χ3n) is 2.52. The predicted octanol–water partition coefficient (Wildman–Crippen LogP) is 3.96. The Balaban J connectivity index is 2.02. The van der Waals surface area contributed by atoms with E-state index in [1.54, 1.807) is 24.3 Å². The molecule has 0 aliphatic carbocycles. The van der Waals surface area contributed by atoms with Crippen molar-refractivity contribution in [1.29, 1.82) is 0 Å². The molecule has 1 amide bonds. The number of carbonyl (C=O) groups is 1. The number of amides is 1. The second-order valence-corrected chi connectivity index (χ2v) is 4.39. The molecular formula is C15H14ClNO2. The van der Waals surface area contributed by atoms with E-state index in [0.717, 1.165) is 5.75 Å². The molecule has 0 saturated heterocycles. The topological polar surface area (TPSA) is 38.3 Å². The van der Waals surface area contributed by atoms with Crippen molar-refractivity contribution in [3.8, 4) is 11.5 Å². The van der Waals surface area contributed by atoms with Gasteiger partial charge in [-0.15, -0.1) is 11.6 Å². The second-order valence-electron chi connectivity index (χ2n) is 4.12. The summed E-state index contributed by atoms with van der Waals surface area (Å²) in [6, 6.07) is 14.9. The molecule has 0 aliphatic heterocycles. The number of benzene rings is 2. The van der Waals surface area contributed by atoms with Gasteiger partial charge in [0.25, 0.3) is 0 Å². The van der Waals surface area contributed by atoms with Gasteiger partial charge in [-0.25, -0.2) is 0 Å². The molecule has 19 heavy (non-hydrogen) atoms. The van der Waals surface area contributed by atoms with E-state index in [-0.39, 0.29) is 11.8 Å². The molecular weight excluding hydrogens is 262 g/mol. The summed E-state index contributed by atoms with van der Waals surface area (Å²) in [5.74, 6) is 1.21. The minimum absolute atomic E-state index is 0.0540. The molecule has 0 heterocycles. The Kier molecular flexibility index (Phi) is 4.42. The number of aryl methyl sites for hydroxylation is 1. The number of hydrogen-bond acceptors (Lipinski definition) is 2. The first-order valence-electron chi connectivity index (χ1n) is 5.88. The fourth-order valence-electron chi connectivity index (χ4n) is 1.54. The van der Waals surface area contributed by atoms with Crippen molar-refractivity contribution in [3.05, 3.63) is 54.1 Å². The summed E-state index contributed by atoms with van der Waals surface area (Å²) in [7, 11) is 0. The molecule has 4 heteroatoms. The van der Waals surface area contributed by atoms with Crippen LogP contribution in [0.3, 0.4) is 0 Å². The molecule has 98 valence electrons. The van der Waals surface area contributed by atoms with E-state index in [4.69, 9.17) is 16.3 Å². The maximum absolute atomic E-state index is 11.1. The van der Waals surface area contributed by atoms with Crippen LogP contribution in [-0.4, -0.2) is 11.8 Å². The lowest BCUT2D eigenvalue weighted by Crippen LogP contribution is -2.12. The van der Waals surface area contributed by atoms with Crippen LogP contribution in [0.2, 0.25) is 0 Å². The Morgan fingerprint density at radius 1 is 1.05 bits per heavy atom. The molecule has 0 atom stereocenters. The first kappa shape index (κ1) is 13.4. The highest BCUT2D eigenvalue weighted by molar-refractivity contribution is 6.29. The van der Waals surface area contributed by atoms with Crippen LogP contribution in [0, 0.1) is 6.92 Å². The monoisotopic (exact) mass is 275 g/mol. The molecule has 0 fully saturated rings. The van der Waals surface area contributed by atoms with Gasteiger partial charge in [-0.05, 0) is 43.3 Å². The molecule has 3 nitrogen and oxygen atoms in total. The number of hydrogen-bond donors (Lipinski definition) is 1. The lowest BCUT2D eigenvalue weighted by molar-refractivity contribution is -0.113. The van der Waals surface area contributed by atoms with Crippen LogP contribution >= 0.6 is 11.6 Å². The summed E-state index contributed by atoms with van der Waals surface area (Å²) < 4.78 is 5.68. The first-order valence-corrected chi connectivity index (χ1v) is 6.41. The maximum Gasteiger partial charge on any atom is 0.239 e. The minimum Gasteiger partial charge on any atom is -0.457 e. The molecule has 0 bridgehead atoms. The van der Waals surface area contributed by atoms with Crippen LogP contribution in [0.1, 0.15) is 5.56 Å². The van der Waals surface area contributed by atoms with E-state index in [1.165, 1.54) is 5.56 Å². The highest BCUT2D eigenvalue weighted by Gasteiger charge is 2.01. The van der Waals surface area contributed by atoms with E-state index < -0.39 is 0 Å². The van der Waals surface area contributed by atoms with Gasteiger partial charge in [0.2, 0.25) is 5.91 Å². The lowest BCUT2D eigenvalue weighted by Gasteiger charge is -2.07. The number of carbonyl (C=O) groups excluding carboxylic acids is 1. The van der Waals surface area contributed by atoms with Gasteiger partial charge in [-0.2, -0.15) is 0 Å². The zero-order valence-electron chi connectivity index (χ0n) is 10.5. The van der Waals surface area contributed by atoms with Crippen molar-refractivity contribution in [2.45, 2.75) is 6.92 Å². The van der Waals surface area contributed by atoms with Crippen LogP contribution in [0.4, 0.5) is 5.69 Å². The van der Waals surface area contributed by atoms with Crippen LogP contribution in [0.15, 0.2) is 48.5 Å². The quantitative estimate of drug-likeness (QED) is 0.858. The largest absolute Gasteiger partial charge is 0.457 e. The van der Waals surface area contributed by atoms with Gasteiger partial charge in [0, 0.05) is 5.69 Å². The van der Waals surface area contributed by atoms with Crippen molar-refractivity contribution in [2.24, 2.45) is 0 Å². The summed E-state index contributed by atoms with van der Waals surface area (Å²) in [5.41, 5.74) is 1.88. The summed E-state index contributed by atoms with van der Waals surface area (Å²) in [6.07, 6.45) is 0. The molecule has 0 aliphatic rings. The fraction of sp³-hybridized carbons (Fsp3) is 0.133. The van der Waals surface area contributed by atoms with Crippen molar-refractivity contribution in [1.82, 2.24) is 0 Å². The van der Waals surface area contributed by atoms with Crippen LogP contribution in [0.25, 0.3) is 0 Å². The molecule has 0 aromatic heterocycles. The number of anilines is 1. The normalized spacial score (nSPS) is 10.0. The fourth-order valence-corrected chi connectivity index (χ4v) is 1.61. The van der Waals surface area contributed by atoms with E-state index >= 15 is 0 Å². The van der Waals surface area contributed by atoms with Crippen LogP contribution < -0.4 is 10.1 Å². The first-order chi connectivity index (χ1) is 9.17. The van der Waals surface area contributed by atoms with Crippen molar-refractivity contribution >= 4 is 23.2 Å². The van der Waals surface area contributed by atoms with E-state index in [1.807, 2.05) is 31.2 Å². The third kappa shape index (κ3) is 4.00. The summed E-state index contributed by atoms with van der Waals surface area (Å²) >= 11 is 5.42.